The Morgan fingerprint density at radius 3 is 2.54 bits per heavy atom. The van der Waals surface area contributed by atoms with Crippen molar-refractivity contribution in [2.45, 2.75) is 33.0 Å². The Bertz CT molecular complexity index is 796. The van der Waals surface area contributed by atoms with E-state index >= 15 is 0 Å². The van der Waals surface area contributed by atoms with E-state index in [1.54, 1.807) is 6.33 Å². The lowest BCUT2D eigenvalue weighted by Gasteiger charge is -2.13. The van der Waals surface area contributed by atoms with Gasteiger partial charge in [0.05, 0.1) is 18.2 Å². The molecule has 1 heterocycles. The summed E-state index contributed by atoms with van der Waals surface area (Å²) in [7, 11) is 0. The standard InChI is InChI=1S/C20H23N3O/c1-15(2)24-13-17-8-4-3-7-16(17)11-12-21-20-18-9-5-6-10-19(18)22-14-23-20/h3-10,14-15H,11-13H2,1-2H3,(H,21,22,23). The monoisotopic (exact) mass is 321 g/mol. The molecule has 0 amide bonds. The van der Waals surface area contributed by atoms with Gasteiger partial charge < -0.3 is 10.1 Å². The van der Waals surface area contributed by atoms with E-state index in [9.17, 15) is 0 Å². The Morgan fingerprint density at radius 1 is 0.958 bits per heavy atom. The molecule has 0 saturated carbocycles. The van der Waals surface area contributed by atoms with Crippen molar-refractivity contribution >= 4 is 16.7 Å². The first-order chi connectivity index (χ1) is 11.7. The highest BCUT2D eigenvalue weighted by Gasteiger charge is 2.05. The number of benzene rings is 2. The third-order valence-corrected chi connectivity index (χ3v) is 3.92. The summed E-state index contributed by atoms with van der Waals surface area (Å²) in [6.45, 7) is 5.60. The predicted molar refractivity (Wildman–Crippen MR) is 98.1 cm³/mol. The normalized spacial score (nSPS) is 11.1. The number of para-hydroxylation sites is 1. The van der Waals surface area contributed by atoms with Gasteiger partial charge in [-0.05, 0) is 43.5 Å². The van der Waals surface area contributed by atoms with Crippen LogP contribution in [0, 0.1) is 0 Å². The molecule has 0 unspecified atom stereocenters. The molecule has 1 N–H and O–H groups in total. The van der Waals surface area contributed by atoms with Crippen molar-refractivity contribution < 1.29 is 4.74 Å². The van der Waals surface area contributed by atoms with E-state index in [0.29, 0.717) is 6.61 Å². The van der Waals surface area contributed by atoms with Crippen molar-refractivity contribution in [3.05, 3.63) is 66.0 Å². The van der Waals surface area contributed by atoms with Gasteiger partial charge in [-0.2, -0.15) is 0 Å². The molecular weight excluding hydrogens is 298 g/mol. The van der Waals surface area contributed by atoms with Crippen LogP contribution in [0.15, 0.2) is 54.9 Å². The van der Waals surface area contributed by atoms with E-state index in [4.69, 9.17) is 4.74 Å². The van der Waals surface area contributed by atoms with Gasteiger partial charge in [-0.15, -0.1) is 0 Å². The van der Waals surface area contributed by atoms with Crippen molar-refractivity contribution in [2.75, 3.05) is 11.9 Å². The van der Waals surface area contributed by atoms with Crippen LogP contribution in [0.1, 0.15) is 25.0 Å². The van der Waals surface area contributed by atoms with Crippen LogP contribution in [-0.2, 0) is 17.8 Å². The van der Waals surface area contributed by atoms with Gasteiger partial charge in [-0.3, -0.25) is 0 Å². The summed E-state index contributed by atoms with van der Waals surface area (Å²) in [4.78, 5) is 8.67. The maximum atomic E-state index is 5.75. The Hall–Kier alpha value is -2.46. The Kier molecular flexibility index (Phi) is 5.39. The van der Waals surface area contributed by atoms with Gasteiger partial charge >= 0.3 is 0 Å². The lowest BCUT2D eigenvalue weighted by Crippen LogP contribution is -2.10. The molecule has 2 aromatic carbocycles. The summed E-state index contributed by atoms with van der Waals surface area (Å²) in [5, 5.41) is 4.49. The second-order valence-electron chi connectivity index (χ2n) is 6.04. The highest BCUT2D eigenvalue weighted by atomic mass is 16.5. The van der Waals surface area contributed by atoms with Crippen LogP contribution in [-0.4, -0.2) is 22.6 Å². The molecule has 0 aliphatic carbocycles. The van der Waals surface area contributed by atoms with Crippen LogP contribution in [0.4, 0.5) is 5.82 Å². The smallest absolute Gasteiger partial charge is 0.137 e. The quantitative estimate of drug-likeness (QED) is 0.708. The zero-order valence-electron chi connectivity index (χ0n) is 14.2. The molecular formula is C20H23N3O. The summed E-state index contributed by atoms with van der Waals surface area (Å²) in [5.74, 6) is 0.886. The lowest BCUT2D eigenvalue weighted by molar-refractivity contribution is 0.0653. The molecule has 0 saturated heterocycles. The van der Waals surface area contributed by atoms with Crippen LogP contribution >= 0.6 is 0 Å². The average Bonchev–Trinajstić information content (AvgIpc) is 2.61. The molecule has 0 atom stereocenters. The summed E-state index contributed by atoms with van der Waals surface area (Å²) in [6, 6.07) is 16.5. The number of anilines is 1. The van der Waals surface area contributed by atoms with Crippen molar-refractivity contribution in [2.24, 2.45) is 0 Å². The third kappa shape index (κ3) is 4.09. The summed E-state index contributed by atoms with van der Waals surface area (Å²) >= 11 is 0. The van der Waals surface area contributed by atoms with Crippen molar-refractivity contribution in [1.29, 1.82) is 0 Å². The van der Waals surface area contributed by atoms with E-state index in [1.807, 2.05) is 24.3 Å². The Morgan fingerprint density at radius 2 is 1.71 bits per heavy atom. The van der Waals surface area contributed by atoms with Gasteiger partial charge in [0, 0.05) is 11.9 Å². The van der Waals surface area contributed by atoms with E-state index in [1.165, 1.54) is 11.1 Å². The molecule has 0 aliphatic heterocycles. The average molecular weight is 321 g/mol. The fraction of sp³-hybridized carbons (Fsp3) is 0.300. The van der Waals surface area contributed by atoms with Crippen LogP contribution in [0.2, 0.25) is 0 Å². The summed E-state index contributed by atoms with van der Waals surface area (Å²) in [5.41, 5.74) is 3.52. The number of nitrogens with one attached hydrogen (secondary N) is 1. The zero-order chi connectivity index (χ0) is 16.8. The van der Waals surface area contributed by atoms with Crippen molar-refractivity contribution in [3.63, 3.8) is 0 Å². The van der Waals surface area contributed by atoms with E-state index in [2.05, 4.69) is 53.4 Å². The molecule has 0 fully saturated rings. The minimum Gasteiger partial charge on any atom is -0.374 e. The van der Waals surface area contributed by atoms with Gasteiger partial charge in [0.2, 0.25) is 0 Å². The van der Waals surface area contributed by atoms with Crippen molar-refractivity contribution in [1.82, 2.24) is 9.97 Å². The predicted octanol–water partition coefficient (Wildman–Crippen LogP) is 4.21. The summed E-state index contributed by atoms with van der Waals surface area (Å²) in [6.07, 6.45) is 2.77. The first-order valence-electron chi connectivity index (χ1n) is 8.36. The highest BCUT2D eigenvalue weighted by molar-refractivity contribution is 5.88. The highest BCUT2D eigenvalue weighted by Crippen LogP contribution is 2.18. The van der Waals surface area contributed by atoms with Gasteiger partial charge in [0.1, 0.15) is 12.1 Å². The van der Waals surface area contributed by atoms with Crippen LogP contribution < -0.4 is 5.32 Å². The first kappa shape index (κ1) is 16.4. The van der Waals surface area contributed by atoms with Gasteiger partial charge in [0.15, 0.2) is 0 Å². The molecule has 0 aliphatic rings. The molecule has 3 aromatic rings. The summed E-state index contributed by atoms with van der Waals surface area (Å²) < 4.78 is 5.75. The molecule has 4 nitrogen and oxygen atoms in total. The molecule has 24 heavy (non-hydrogen) atoms. The SMILES string of the molecule is CC(C)OCc1ccccc1CCNc1ncnc2ccccc12. The maximum absolute atomic E-state index is 5.75. The van der Waals surface area contributed by atoms with Crippen molar-refractivity contribution in [3.8, 4) is 0 Å². The zero-order valence-corrected chi connectivity index (χ0v) is 14.2. The van der Waals surface area contributed by atoms with E-state index in [0.717, 1.165) is 29.7 Å². The minimum atomic E-state index is 0.239. The van der Waals surface area contributed by atoms with E-state index < -0.39 is 0 Å². The fourth-order valence-corrected chi connectivity index (χ4v) is 2.66. The van der Waals surface area contributed by atoms with E-state index in [-0.39, 0.29) is 6.10 Å². The Balaban J connectivity index is 1.66. The second-order valence-corrected chi connectivity index (χ2v) is 6.04. The number of aromatic nitrogens is 2. The number of rotatable bonds is 7. The van der Waals surface area contributed by atoms with Gasteiger partial charge in [-0.1, -0.05) is 36.4 Å². The molecule has 0 bridgehead atoms. The Labute approximate surface area is 142 Å². The lowest BCUT2D eigenvalue weighted by atomic mass is 10.1. The molecule has 124 valence electrons. The molecule has 1 aromatic heterocycles. The van der Waals surface area contributed by atoms with Crippen LogP contribution in [0.25, 0.3) is 10.9 Å². The number of nitrogens with zero attached hydrogens (tertiary/aromatic N) is 2. The van der Waals surface area contributed by atoms with Crippen LogP contribution in [0.5, 0.6) is 0 Å². The fourth-order valence-electron chi connectivity index (χ4n) is 2.66. The van der Waals surface area contributed by atoms with Gasteiger partial charge in [-0.25, -0.2) is 9.97 Å². The number of hydrogen-bond acceptors (Lipinski definition) is 4. The molecule has 4 heteroatoms. The second kappa shape index (κ2) is 7.88. The largest absolute Gasteiger partial charge is 0.374 e. The van der Waals surface area contributed by atoms with Crippen LogP contribution in [0.3, 0.4) is 0 Å². The van der Waals surface area contributed by atoms with Gasteiger partial charge in [0.25, 0.3) is 0 Å². The topological polar surface area (TPSA) is 47.0 Å². The first-order valence-corrected chi connectivity index (χ1v) is 8.36. The number of ether oxygens (including phenoxy) is 1. The number of fused-ring (bicyclic) bond motifs is 1. The maximum Gasteiger partial charge on any atom is 0.137 e. The molecule has 3 rings (SSSR count). The number of hydrogen-bond donors (Lipinski definition) is 1. The molecule has 0 radical (unpaired) electrons. The minimum absolute atomic E-state index is 0.239. The third-order valence-electron chi connectivity index (χ3n) is 3.92. The molecule has 0 spiro atoms.